The highest BCUT2D eigenvalue weighted by molar-refractivity contribution is 9.09. The summed E-state index contributed by atoms with van der Waals surface area (Å²) >= 11 is 3.19. The molecule has 0 saturated heterocycles. The topological polar surface area (TPSA) is 70.4 Å². The summed E-state index contributed by atoms with van der Waals surface area (Å²) in [5.74, 6) is -0.114. The van der Waals surface area contributed by atoms with Crippen LogP contribution in [0.4, 0.5) is 0 Å². The first-order valence-corrected chi connectivity index (χ1v) is 6.06. The van der Waals surface area contributed by atoms with Crippen molar-refractivity contribution < 1.29 is 15.0 Å². The molecule has 0 aliphatic heterocycles. The van der Waals surface area contributed by atoms with Crippen molar-refractivity contribution in [2.75, 3.05) is 5.33 Å². The van der Waals surface area contributed by atoms with Crippen LogP contribution < -0.4 is 0 Å². The molecular weight excluding hydrogens is 274 g/mol. The van der Waals surface area contributed by atoms with Crippen LogP contribution in [0.1, 0.15) is 35.4 Å². The zero-order valence-electron chi connectivity index (χ0n) is 8.93. The van der Waals surface area contributed by atoms with E-state index in [1.807, 2.05) is 0 Å². The van der Waals surface area contributed by atoms with Crippen LogP contribution in [0.3, 0.4) is 0 Å². The number of aliphatic hydroxyl groups is 2. The first-order valence-electron chi connectivity index (χ1n) is 4.94. The Labute approximate surface area is 102 Å². The number of aliphatic hydroxyl groups excluding tert-OH is 2. The molecule has 0 aromatic carbocycles. The molecule has 1 rings (SSSR count). The second kappa shape index (κ2) is 6.08. The van der Waals surface area contributed by atoms with Crippen LogP contribution in [-0.4, -0.2) is 32.4 Å². The minimum atomic E-state index is -1.01. The van der Waals surface area contributed by atoms with Crippen LogP contribution in [0.15, 0.2) is 18.5 Å². The van der Waals surface area contributed by atoms with Gasteiger partial charge in [-0.1, -0.05) is 15.9 Å². The fourth-order valence-electron chi connectivity index (χ4n) is 1.30. The fraction of sp³-hybridized carbons (Fsp3) is 0.455. The van der Waals surface area contributed by atoms with Crippen molar-refractivity contribution in [3.05, 3.63) is 29.6 Å². The van der Waals surface area contributed by atoms with Crippen molar-refractivity contribution >= 4 is 21.7 Å². The summed E-state index contributed by atoms with van der Waals surface area (Å²) in [5.41, 5.74) is 0.892. The Kier molecular flexibility index (Phi) is 5.05. The first-order chi connectivity index (χ1) is 7.56. The van der Waals surface area contributed by atoms with Crippen molar-refractivity contribution in [1.29, 1.82) is 0 Å². The number of carbonyl (C=O) groups excluding carboxylic acids is 1. The Bertz CT molecular complexity index is 370. The van der Waals surface area contributed by atoms with Gasteiger partial charge in [-0.2, -0.15) is 0 Å². The predicted octanol–water partition coefficient (Wildman–Crippen LogP) is 1.46. The average Bonchev–Trinajstić information content (AvgIpc) is 2.28. The van der Waals surface area contributed by atoms with Crippen molar-refractivity contribution in [3.63, 3.8) is 0 Å². The number of rotatable bonds is 5. The van der Waals surface area contributed by atoms with Gasteiger partial charge in [-0.15, -0.1) is 0 Å². The van der Waals surface area contributed by atoms with Gasteiger partial charge in [0.1, 0.15) is 6.10 Å². The van der Waals surface area contributed by atoms with Crippen molar-refractivity contribution in [2.45, 2.75) is 25.6 Å². The number of hydrogen-bond donors (Lipinski definition) is 2. The summed E-state index contributed by atoms with van der Waals surface area (Å²) in [6, 6.07) is 1.55. The number of pyridine rings is 1. The fourth-order valence-corrected chi connectivity index (χ4v) is 1.77. The molecule has 0 bridgehead atoms. The van der Waals surface area contributed by atoms with Crippen LogP contribution in [0.5, 0.6) is 0 Å². The van der Waals surface area contributed by atoms with E-state index in [0.717, 1.165) is 0 Å². The van der Waals surface area contributed by atoms with E-state index in [2.05, 4.69) is 20.9 Å². The summed E-state index contributed by atoms with van der Waals surface area (Å²) in [6.45, 7) is 1.43. The van der Waals surface area contributed by atoms with Gasteiger partial charge in [-0.05, 0) is 19.4 Å². The number of Topliss-reactive ketones (excluding diaryl/α,β-unsaturated/α-hetero) is 1. The normalized spacial score (nSPS) is 14.5. The maximum Gasteiger partial charge on any atom is 0.161 e. The van der Waals surface area contributed by atoms with Gasteiger partial charge in [0, 0.05) is 28.9 Å². The van der Waals surface area contributed by atoms with Gasteiger partial charge in [0.2, 0.25) is 0 Å². The number of nitrogens with zero attached hydrogens (tertiary/aromatic N) is 1. The first kappa shape index (κ1) is 13.3. The van der Waals surface area contributed by atoms with Gasteiger partial charge in [-0.25, -0.2) is 0 Å². The van der Waals surface area contributed by atoms with E-state index in [1.165, 1.54) is 19.3 Å². The van der Waals surface area contributed by atoms with Crippen molar-refractivity contribution in [1.82, 2.24) is 4.98 Å². The number of hydrogen-bond acceptors (Lipinski definition) is 4. The monoisotopic (exact) mass is 287 g/mol. The second-order valence-corrected chi connectivity index (χ2v) is 4.35. The van der Waals surface area contributed by atoms with E-state index < -0.39 is 12.2 Å². The predicted molar refractivity (Wildman–Crippen MR) is 63.6 cm³/mol. The Morgan fingerprint density at radius 2 is 2.19 bits per heavy atom. The summed E-state index contributed by atoms with van der Waals surface area (Å²) in [5, 5.41) is 20.0. The van der Waals surface area contributed by atoms with Gasteiger partial charge >= 0.3 is 0 Å². The van der Waals surface area contributed by atoms with Crippen molar-refractivity contribution in [2.24, 2.45) is 0 Å². The Balaban J connectivity index is 2.86. The van der Waals surface area contributed by atoms with Crippen LogP contribution in [-0.2, 0) is 0 Å². The third kappa shape index (κ3) is 3.37. The summed E-state index contributed by atoms with van der Waals surface area (Å²) < 4.78 is 0. The van der Waals surface area contributed by atoms with E-state index in [-0.39, 0.29) is 5.78 Å². The van der Waals surface area contributed by atoms with Crippen LogP contribution in [0.25, 0.3) is 0 Å². The quantitative estimate of drug-likeness (QED) is 0.635. The zero-order valence-corrected chi connectivity index (χ0v) is 10.5. The molecule has 1 aromatic heterocycles. The van der Waals surface area contributed by atoms with E-state index >= 15 is 0 Å². The summed E-state index contributed by atoms with van der Waals surface area (Å²) in [4.78, 5) is 15.0. The molecular formula is C11H14BrNO3. The maximum absolute atomic E-state index is 11.1. The van der Waals surface area contributed by atoms with E-state index in [1.54, 1.807) is 6.07 Å². The van der Waals surface area contributed by atoms with Gasteiger partial charge < -0.3 is 10.2 Å². The minimum absolute atomic E-state index is 0.114. The molecule has 4 nitrogen and oxygen atoms in total. The molecule has 88 valence electrons. The lowest BCUT2D eigenvalue weighted by molar-refractivity contribution is 0.0171. The van der Waals surface area contributed by atoms with E-state index in [4.69, 9.17) is 0 Å². The number of ketones is 1. The molecule has 0 fully saturated rings. The lowest BCUT2D eigenvalue weighted by Crippen LogP contribution is -2.19. The molecule has 0 radical (unpaired) electrons. The highest BCUT2D eigenvalue weighted by Crippen LogP contribution is 2.19. The van der Waals surface area contributed by atoms with Crippen LogP contribution in [0.2, 0.25) is 0 Å². The SMILES string of the molecule is CC(=O)c1cncc(C(O)C(O)CCBr)c1. The second-order valence-electron chi connectivity index (χ2n) is 3.55. The van der Waals surface area contributed by atoms with Gasteiger partial charge in [0.05, 0.1) is 6.10 Å². The van der Waals surface area contributed by atoms with Crippen LogP contribution in [0, 0.1) is 0 Å². The molecule has 1 aromatic rings. The standard InChI is InChI=1S/C11H14BrNO3/c1-7(14)8-4-9(6-13-5-8)11(16)10(15)2-3-12/h4-6,10-11,15-16H,2-3H2,1H3. The number of aromatic nitrogens is 1. The zero-order chi connectivity index (χ0) is 12.1. The molecule has 2 atom stereocenters. The smallest absolute Gasteiger partial charge is 0.161 e. The molecule has 0 aliphatic carbocycles. The molecule has 0 amide bonds. The van der Waals surface area contributed by atoms with Gasteiger partial charge in [-0.3, -0.25) is 9.78 Å². The lowest BCUT2D eigenvalue weighted by Gasteiger charge is -2.17. The average molecular weight is 288 g/mol. The van der Waals surface area contributed by atoms with Gasteiger partial charge in [0.15, 0.2) is 5.78 Å². The third-order valence-corrected chi connectivity index (χ3v) is 2.73. The van der Waals surface area contributed by atoms with Gasteiger partial charge in [0.25, 0.3) is 0 Å². The molecule has 0 saturated carbocycles. The molecule has 2 unspecified atom stereocenters. The lowest BCUT2D eigenvalue weighted by atomic mass is 10.0. The highest BCUT2D eigenvalue weighted by atomic mass is 79.9. The highest BCUT2D eigenvalue weighted by Gasteiger charge is 2.18. The van der Waals surface area contributed by atoms with Crippen molar-refractivity contribution in [3.8, 4) is 0 Å². The molecule has 1 heterocycles. The maximum atomic E-state index is 11.1. The minimum Gasteiger partial charge on any atom is -0.390 e. The Hall–Kier alpha value is -0.780. The summed E-state index contributed by atoms with van der Waals surface area (Å²) in [7, 11) is 0. The molecule has 0 spiro atoms. The summed E-state index contributed by atoms with van der Waals surface area (Å²) in [6.07, 6.45) is 1.46. The molecule has 0 aliphatic rings. The van der Waals surface area contributed by atoms with E-state index in [0.29, 0.717) is 22.9 Å². The molecule has 5 heteroatoms. The number of alkyl halides is 1. The largest absolute Gasteiger partial charge is 0.390 e. The third-order valence-electron chi connectivity index (χ3n) is 2.28. The van der Waals surface area contributed by atoms with E-state index in [9.17, 15) is 15.0 Å². The molecule has 16 heavy (non-hydrogen) atoms. The Morgan fingerprint density at radius 1 is 1.50 bits per heavy atom. The molecule has 2 N–H and O–H groups in total. The van der Waals surface area contributed by atoms with Crippen LogP contribution >= 0.6 is 15.9 Å². The number of carbonyl (C=O) groups is 1. The Morgan fingerprint density at radius 3 is 2.75 bits per heavy atom. The number of halogens is 1.